The summed E-state index contributed by atoms with van der Waals surface area (Å²) >= 11 is 1.85. The fourth-order valence-corrected chi connectivity index (χ4v) is 2.29. The van der Waals surface area contributed by atoms with E-state index < -0.39 is 0 Å². The Balaban J connectivity index is 1.98. The van der Waals surface area contributed by atoms with Gasteiger partial charge in [0.05, 0.1) is 0 Å². The summed E-state index contributed by atoms with van der Waals surface area (Å²) in [5, 5.41) is 3.58. The Morgan fingerprint density at radius 1 is 1.38 bits per heavy atom. The van der Waals surface area contributed by atoms with E-state index in [4.69, 9.17) is 0 Å². The van der Waals surface area contributed by atoms with Crippen molar-refractivity contribution in [3.8, 4) is 0 Å². The molecule has 88 valence electrons. The van der Waals surface area contributed by atoms with E-state index in [2.05, 4.69) is 11.6 Å². The number of nitrogens with one attached hydrogen (secondary N) is 1. The Bertz CT molecular complexity index is 321. The number of halogens is 1. The highest BCUT2D eigenvalue weighted by atomic mass is 32.2. The first kappa shape index (κ1) is 11.9. The zero-order chi connectivity index (χ0) is 11.4. The molecule has 1 aliphatic carbocycles. The van der Waals surface area contributed by atoms with E-state index >= 15 is 0 Å². The molecule has 0 spiro atoms. The van der Waals surface area contributed by atoms with E-state index in [9.17, 15) is 4.39 Å². The molecule has 1 nitrogen and oxygen atoms in total. The second-order valence-electron chi connectivity index (χ2n) is 4.31. The molecular formula is C13H18FNS. The van der Waals surface area contributed by atoms with Crippen molar-refractivity contribution in [2.24, 2.45) is 5.92 Å². The Morgan fingerprint density at radius 2 is 2.06 bits per heavy atom. The van der Waals surface area contributed by atoms with E-state index in [0.717, 1.165) is 18.2 Å². The van der Waals surface area contributed by atoms with Crippen molar-refractivity contribution in [3.05, 3.63) is 35.6 Å². The normalized spacial score (nSPS) is 17.4. The van der Waals surface area contributed by atoms with Gasteiger partial charge in [-0.3, -0.25) is 0 Å². The van der Waals surface area contributed by atoms with Crippen molar-refractivity contribution >= 4 is 11.8 Å². The summed E-state index contributed by atoms with van der Waals surface area (Å²) in [5.74, 6) is 1.74. The summed E-state index contributed by atoms with van der Waals surface area (Å²) in [6, 6.07) is 7.35. The molecule has 0 aliphatic heterocycles. The fraction of sp³-hybridized carbons (Fsp3) is 0.538. The molecule has 1 aromatic carbocycles. The van der Waals surface area contributed by atoms with Crippen molar-refractivity contribution in [2.75, 3.05) is 18.6 Å². The van der Waals surface area contributed by atoms with Crippen LogP contribution in [0.3, 0.4) is 0 Å². The van der Waals surface area contributed by atoms with Crippen molar-refractivity contribution < 1.29 is 4.39 Å². The van der Waals surface area contributed by atoms with Gasteiger partial charge in [0.1, 0.15) is 5.82 Å². The summed E-state index contributed by atoms with van der Waals surface area (Å²) in [5.41, 5.74) is 1.23. The third-order valence-corrected chi connectivity index (χ3v) is 3.61. The van der Waals surface area contributed by atoms with Crippen LogP contribution in [0.25, 0.3) is 0 Å². The number of hydrogen-bond donors (Lipinski definition) is 1. The molecule has 1 atom stereocenters. The zero-order valence-electron chi connectivity index (χ0n) is 9.58. The van der Waals surface area contributed by atoms with Gasteiger partial charge < -0.3 is 5.32 Å². The van der Waals surface area contributed by atoms with Gasteiger partial charge in [-0.1, -0.05) is 12.1 Å². The van der Waals surface area contributed by atoms with Crippen LogP contribution in [0.15, 0.2) is 24.3 Å². The lowest BCUT2D eigenvalue weighted by molar-refractivity contribution is 0.497. The summed E-state index contributed by atoms with van der Waals surface area (Å²) in [7, 11) is 0. The van der Waals surface area contributed by atoms with Crippen LogP contribution in [-0.2, 0) is 0 Å². The minimum atomic E-state index is -0.151. The van der Waals surface area contributed by atoms with Gasteiger partial charge in [0, 0.05) is 18.3 Å². The van der Waals surface area contributed by atoms with Crippen LogP contribution >= 0.6 is 11.8 Å². The van der Waals surface area contributed by atoms with Crippen molar-refractivity contribution in [1.29, 1.82) is 0 Å². The molecule has 2 rings (SSSR count). The average molecular weight is 239 g/mol. The molecule has 0 amide bonds. The van der Waals surface area contributed by atoms with Crippen LogP contribution in [0, 0.1) is 11.7 Å². The molecule has 1 saturated carbocycles. The quantitative estimate of drug-likeness (QED) is 0.765. The molecule has 1 aliphatic rings. The Labute approximate surface area is 101 Å². The molecule has 0 saturated heterocycles. The van der Waals surface area contributed by atoms with Gasteiger partial charge in [-0.05, 0) is 42.7 Å². The lowest BCUT2D eigenvalue weighted by Gasteiger charge is -2.18. The minimum absolute atomic E-state index is 0.151. The number of hydrogen-bond acceptors (Lipinski definition) is 2. The first-order valence-corrected chi connectivity index (χ1v) is 7.18. The monoisotopic (exact) mass is 239 g/mol. The van der Waals surface area contributed by atoms with Crippen LogP contribution in [0.5, 0.6) is 0 Å². The molecule has 1 aromatic rings. The summed E-state index contributed by atoms with van der Waals surface area (Å²) in [6.45, 7) is 1.03. The van der Waals surface area contributed by atoms with Crippen LogP contribution in [-0.4, -0.2) is 18.6 Å². The lowest BCUT2D eigenvalue weighted by Crippen LogP contribution is -2.25. The fourth-order valence-electron chi connectivity index (χ4n) is 1.97. The van der Waals surface area contributed by atoms with E-state index in [0.29, 0.717) is 6.04 Å². The summed E-state index contributed by atoms with van der Waals surface area (Å²) < 4.78 is 12.8. The van der Waals surface area contributed by atoms with Gasteiger partial charge in [0.2, 0.25) is 0 Å². The average Bonchev–Trinajstić information content (AvgIpc) is 3.10. The van der Waals surface area contributed by atoms with Crippen molar-refractivity contribution in [3.63, 3.8) is 0 Å². The van der Waals surface area contributed by atoms with Crippen molar-refractivity contribution in [1.82, 2.24) is 5.32 Å². The molecule has 0 bridgehead atoms. The van der Waals surface area contributed by atoms with E-state index in [1.807, 2.05) is 23.9 Å². The van der Waals surface area contributed by atoms with Crippen molar-refractivity contribution in [2.45, 2.75) is 18.9 Å². The predicted molar refractivity (Wildman–Crippen MR) is 68.2 cm³/mol. The highest BCUT2D eigenvalue weighted by molar-refractivity contribution is 7.98. The molecule has 0 radical (unpaired) electrons. The van der Waals surface area contributed by atoms with Crippen LogP contribution in [0.2, 0.25) is 0 Å². The molecule has 0 aromatic heterocycles. The van der Waals surface area contributed by atoms with E-state index in [1.54, 1.807) is 12.1 Å². The third-order valence-electron chi connectivity index (χ3n) is 2.99. The Morgan fingerprint density at radius 3 is 2.62 bits per heavy atom. The minimum Gasteiger partial charge on any atom is -0.309 e. The maximum atomic E-state index is 12.8. The standard InChI is InChI=1S/C13H18FNS/c1-16-9-8-15-13(10-2-3-10)11-4-6-12(14)7-5-11/h4-7,10,13,15H,2-3,8-9H2,1H3. The van der Waals surface area contributed by atoms with Gasteiger partial charge in [-0.25, -0.2) is 4.39 Å². The molecule has 16 heavy (non-hydrogen) atoms. The number of thioether (sulfide) groups is 1. The lowest BCUT2D eigenvalue weighted by atomic mass is 10.0. The maximum Gasteiger partial charge on any atom is 0.123 e. The third kappa shape index (κ3) is 3.22. The summed E-state index contributed by atoms with van der Waals surface area (Å²) in [6.07, 6.45) is 4.72. The number of rotatable bonds is 6. The first-order chi connectivity index (χ1) is 7.81. The molecule has 1 unspecified atom stereocenters. The van der Waals surface area contributed by atoms with Crippen LogP contribution < -0.4 is 5.32 Å². The largest absolute Gasteiger partial charge is 0.309 e. The van der Waals surface area contributed by atoms with Gasteiger partial charge in [0.15, 0.2) is 0 Å². The van der Waals surface area contributed by atoms with Gasteiger partial charge in [0.25, 0.3) is 0 Å². The number of benzene rings is 1. The SMILES string of the molecule is CSCCNC(c1ccc(F)cc1)C1CC1. The zero-order valence-corrected chi connectivity index (χ0v) is 10.4. The first-order valence-electron chi connectivity index (χ1n) is 5.79. The second-order valence-corrected chi connectivity index (χ2v) is 5.30. The summed E-state index contributed by atoms with van der Waals surface area (Å²) in [4.78, 5) is 0. The molecule has 0 heterocycles. The van der Waals surface area contributed by atoms with Crippen LogP contribution in [0.4, 0.5) is 4.39 Å². The van der Waals surface area contributed by atoms with Gasteiger partial charge >= 0.3 is 0 Å². The smallest absolute Gasteiger partial charge is 0.123 e. The second kappa shape index (κ2) is 5.69. The van der Waals surface area contributed by atoms with Crippen LogP contribution in [0.1, 0.15) is 24.4 Å². The molecule has 1 fully saturated rings. The van der Waals surface area contributed by atoms with E-state index in [1.165, 1.54) is 18.4 Å². The van der Waals surface area contributed by atoms with Gasteiger partial charge in [-0.15, -0.1) is 0 Å². The van der Waals surface area contributed by atoms with Gasteiger partial charge in [-0.2, -0.15) is 11.8 Å². The maximum absolute atomic E-state index is 12.8. The topological polar surface area (TPSA) is 12.0 Å². The highest BCUT2D eigenvalue weighted by Gasteiger charge is 2.31. The van der Waals surface area contributed by atoms with E-state index in [-0.39, 0.29) is 5.82 Å². The molecular weight excluding hydrogens is 221 g/mol. The molecule has 3 heteroatoms. The Hall–Kier alpha value is -0.540. The predicted octanol–water partition coefficient (Wildman–Crippen LogP) is 3.23. The highest BCUT2D eigenvalue weighted by Crippen LogP contribution is 2.40. The Kier molecular flexibility index (Phi) is 4.24. The molecule has 1 N–H and O–H groups in total.